The number of halogens is 1. The second kappa shape index (κ2) is 8.34. The lowest BCUT2D eigenvalue weighted by molar-refractivity contribution is 1.60. The molecule has 0 amide bonds. The van der Waals surface area contributed by atoms with Crippen LogP contribution in [0, 0.1) is 3.57 Å². The summed E-state index contributed by atoms with van der Waals surface area (Å²) in [5.74, 6) is 0. The van der Waals surface area contributed by atoms with Crippen LogP contribution in [0.25, 0.3) is 44.2 Å². The minimum atomic E-state index is 1.20. The molecule has 0 aliphatic heterocycles. The van der Waals surface area contributed by atoms with Crippen molar-refractivity contribution in [3.05, 3.63) is 113 Å². The van der Waals surface area contributed by atoms with Gasteiger partial charge in [0.05, 0.1) is 0 Å². The third kappa shape index (κ3) is 4.05. The zero-order valence-electron chi connectivity index (χ0n) is 16.3. The van der Waals surface area contributed by atoms with E-state index in [1.807, 2.05) is 0 Å². The molecule has 5 aromatic carbocycles. The van der Waals surface area contributed by atoms with Crippen LogP contribution in [0.15, 0.2) is 109 Å². The van der Waals surface area contributed by atoms with Crippen molar-refractivity contribution in [1.29, 1.82) is 0 Å². The summed E-state index contributed by atoms with van der Waals surface area (Å²) in [4.78, 5) is 0. The molecule has 1 atom stereocenters. The van der Waals surface area contributed by atoms with Crippen LogP contribution in [0.2, 0.25) is 0 Å². The Hall–Kier alpha value is -2.48. The highest BCUT2D eigenvalue weighted by Gasteiger charge is 2.04. The molecule has 0 fully saturated rings. The van der Waals surface area contributed by atoms with E-state index in [1.165, 1.54) is 53.0 Å². The van der Waals surface area contributed by atoms with Crippen molar-refractivity contribution >= 4 is 47.9 Å². The summed E-state index contributed by atoms with van der Waals surface area (Å²) >= 11 is 2.35. The molecule has 0 aromatic heterocycles. The van der Waals surface area contributed by atoms with E-state index in [-0.39, 0.29) is 0 Å². The number of benzene rings is 5. The predicted molar refractivity (Wildman–Crippen MR) is 142 cm³/mol. The Labute approximate surface area is 193 Å². The zero-order valence-corrected chi connectivity index (χ0v) is 19.7. The molecular weight excluding hydrogens is 494 g/mol. The van der Waals surface area contributed by atoms with Gasteiger partial charge in [0.25, 0.3) is 0 Å². The van der Waals surface area contributed by atoms with Gasteiger partial charge < -0.3 is 0 Å². The van der Waals surface area contributed by atoms with E-state index >= 15 is 0 Å². The van der Waals surface area contributed by atoms with Gasteiger partial charge in [-0.15, -0.1) is 9.24 Å². The van der Waals surface area contributed by atoms with Crippen molar-refractivity contribution in [2.24, 2.45) is 0 Å². The smallest absolute Gasteiger partial charge is 0.0130 e. The van der Waals surface area contributed by atoms with Crippen LogP contribution < -0.4 is 5.30 Å². The SMILES string of the molecule is Pc1ccc(-c2ccc(-c3ccc4ccc(-c5ccc(I)cc5)cc4c3)cc2)cc1. The van der Waals surface area contributed by atoms with Gasteiger partial charge in [-0.3, -0.25) is 0 Å². The largest absolute Gasteiger partial charge is 0.106 e. The Morgan fingerprint density at radius 2 is 0.767 bits per heavy atom. The first-order chi connectivity index (χ1) is 14.7. The molecule has 0 aliphatic rings. The lowest BCUT2D eigenvalue weighted by Crippen LogP contribution is -1.88. The van der Waals surface area contributed by atoms with E-state index in [0.29, 0.717) is 0 Å². The van der Waals surface area contributed by atoms with Crippen LogP contribution in [0.3, 0.4) is 0 Å². The molecule has 0 saturated carbocycles. The predicted octanol–water partition coefficient (Wildman–Crippen LogP) is 7.95. The van der Waals surface area contributed by atoms with Gasteiger partial charge in [0, 0.05) is 3.57 Å². The van der Waals surface area contributed by atoms with Crippen LogP contribution in [-0.2, 0) is 0 Å². The van der Waals surface area contributed by atoms with Gasteiger partial charge in [-0.25, -0.2) is 0 Å². The van der Waals surface area contributed by atoms with Crippen molar-refractivity contribution < 1.29 is 0 Å². The summed E-state index contributed by atoms with van der Waals surface area (Å²) in [6.07, 6.45) is 0. The highest BCUT2D eigenvalue weighted by Crippen LogP contribution is 2.30. The molecule has 1 unspecified atom stereocenters. The highest BCUT2D eigenvalue weighted by atomic mass is 127. The maximum atomic E-state index is 2.74. The summed E-state index contributed by atoms with van der Waals surface area (Å²) in [5.41, 5.74) is 7.48. The number of rotatable bonds is 3. The van der Waals surface area contributed by atoms with E-state index in [1.54, 1.807) is 0 Å². The quantitative estimate of drug-likeness (QED) is 0.169. The van der Waals surface area contributed by atoms with Gasteiger partial charge in [-0.2, -0.15) is 0 Å². The van der Waals surface area contributed by atoms with Crippen molar-refractivity contribution in [3.63, 3.8) is 0 Å². The first-order valence-corrected chi connectivity index (χ1v) is 11.6. The molecule has 5 rings (SSSR count). The maximum Gasteiger partial charge on any atom is 0.0130 e. The van der Waals surface area contributed by atoms with E-state index in [2.05, 4.69) is 141 Å². The minimum absolute atomic E-state index is 1.20. The molecule has 0 nitrogen and oxygen atoms in total. The van der Waals surface area contributed by atoms with E-state index in [9.17, 15) is 0 Å². The molecule has 0 N–H and O–H groups in total. The Bertz CT molecular complexity index is 1320. The highest BCUT2D eigenvalue weighted by molar-refractivity contribution is 14.1. The first kappa shape index (κ1) is 19.5. The molecule has 0 aliphatic carbocycles. The average Bonchev–Trinajstić information content (AvgIpc) is 2.79. The van der Waals surface area contributed by atoms with Crippen molar-refractivity contribution in [3.8, 4) is 33.4 Å². The number of hydrogen-bond acceptors (Lipinski definition) is 0. The third-order valence-electron chi connectivity index (χ3n) is 5.48. The van der Waals surface area contributed by atoms with Gasteiger partial charge in [0.15, 0.2) is 0 Å². The molecule has 0 radical (unpaired) electrons. The molecular formula is C28H20IP. The second-order valence-electron chi connectivity index (χ2n) is 7.48. The second-order valence-corrected chi connectivity index (χ2v) is 9.40. The Morgan fingerprint density at radius 3 is 1.27 bits per heavy atom. The van der Waals surface area contributed by atoms with Crippen LogP contribution >= 0.6 is 31.8 Å². The zero-order chi connectivity index (χ0) is 20.5. The molecule has 0 saturated heterocycles. The van der Waals surface area contributed by atoms with Gasteiger partial charge >= 0.3 is 0 Å². The van der Waals surface area contributed by atoms with Gasteiger partial charge in [0.1, 0.15) is 0 Å². The normalized spacial score (nSPS) is 11.0. The Balaban J connectivity index is 1.49. The average molecular weight is 514 g/mol. The Morgan fingerprint density at radius 1 is 0.400 bits per heavy atom. The molecule has 144 valence electrons. The molecule has 5 aromatic rings. The fourth-order valence-electron chi connectivity index (χ4n) is 3.78. The molecule has 0 bridgehead atoms. The van der Waals surface area contributed by atoms with Crippen molar-refractivity contribution in [2.75, 3.05) is 0 Å². The van der Waals surface area contributed by atoms with Crippen molar-refractivity contribution in [2.45, 2.75) is 0 Å². The lowest BCUT2D eigenvalue weighted by atomic mass is 9.96. The molecule has 30 heavy (non-hydrogen) atoms. The first-order valence-electron chi connectivity index (χ1n) is 9.92. The van der Waals surface area contributed by atoms with Crippen molar-refractivity contribution in [1.82, 2.24) is 0 Å². The van der Waals surface area contributed by atoms with E-state index < -0.39 is 0 Å². The lowest BCUT2D eigenvalue weighted by Gasteiger charge is -2.09. The van der Waals surface area contributed by atoms with Crippen LogP contribution in [0.1, 0.15) is 0 Å². The standard InChI is InChI=1S/C28H20IP/c29-27-13-9-22(10-14-27)25-8-6-23-5-7-24(17-26(23)18-25)21-3-1-19(2-4-21)20-11-15-28(30)16-12-20/h1-18H,30H2. The van der Waals surface area contributed by atoms with E-state index in [0.717, 1.165) is 0 Å². The fourth-order valence-corrected chi connectivity index (χ4v) is 4.33. The fraction of sp³-hybridized carbons (Fsp3) is 0. The summed E-state index contributed by atoms with van der Waals surface area (Å²) < 4.78 is 1.26. The maximum absolute atomic E-state index is 2.74. The number of hydrogen-bond donors (Lipinski definition) is 0. The van der Waals surface area contributed by atoms with Gasteiger partial charge in [0.2, 0.25) is 0 Å². The van der Waals surface area contributed by atoms with E-state index in [4.69, 9.17) is 0 Å². The Kier molecular flexibility index (Phi) is 5.41. The molecule has 2 heteroatoms. The van der Waals surface area contributed by atoms with Gasteiger partial charge in [-0.1, -0.05) is 84.9 Å². The minimum Gasteiger partial charge on any atom is -0.106 e. The van der Waals surface area contributed by atoms with Gasteiger partial charge in [-0.05, 0) is 96.3 Å². The third-order valence-corrected chi connectivity index (χ3v) is 6.58. The molecule has 0 spiro atoms. The summed E-state index contributed by atoms with van der Waals surface area (Å²) in [5, 5.41) is 3.74. The topological polar surface area (TPSA) is 0 Å². The summed E-state index contributed by atoms with van der Waals surface area (Å²) in [6, 6.07) is 39.6. The number of fused-ring (bicyclic) bond motifs is 1. The van der Waals surface area contributed by atoms with Crippen LogP contribution in [0.4, 0.5) is 0 Å². The monoisotopic (exact) mass is 514 g/mol. The summed E-state index contributed by atoms with van der Waals surface area (Å²) in [6.45, 7) is 0. The summed E-state index contributed by atoms with van der Waals surface area (Å²) in [7, 11) is 2.74. The molecule has 0 heterocycles. The van der Waals surface area contributed by atoms with Crippen LogP contribution in [-0.4, -0.2) is 0 Å². The van der Waals surface area contributed by atoms with Crippen LogP contribution in [0.5, 0.6) is 0 Å².